The first-order valence-corrected chi connectivity index (χ1v) is 12.5. The van der Waals surface area contributed by atoms with Crippen molar-refractivity contribution in [2.75, 3.05) is 26.2 Å². The Kier molecular flexibility index (Phi) is 6.33. The smallest absolute Gasteiger partial charge is 0.257 e. The molecule has 1 aliphatic rings. The molecule has 0 spiro atoms. The summed E-state index contributed by atoms with van der Waals surface area (Å²) in [6.07, 6.45) is 1.03. The number of hydrogen-bond donors (Lipinski definition) is 0. The predicted molar refractivity (Wildman–Crippen MR) is 117 cm³/mol. The summed E-state index contributed by atoms with van der Waals surface area (Å²) in [4.78, 5) is 3.45. The zero-order chi connectivity index (χ0) is 21.1. The van der Waals surface area contributed by atoms with Gasteiger partial charge in [-0.25, -0.2) is 8.42 Å². The highest BCUT2D eigenvalue weighted by atomic mass is 32.2. The number of sulfonamides is 1. The van der Waals surface area contributed by atoms with Crippen LogP contribution in [-0.2, 0) is 16.6 Å². The van der Waals surface area contributed by atoms with Gasteiger partial charge in [-0.3, -0.25) is 4.90 Å². The Morgan fingerprint density at radius 2 is 1.83 bits per heavy atom. The van der Waals surface area contributed by atoms with Crippen molar-refractivity contribution in [1.29, 1.82) is 0 Å². The van der Waals surface area contributed by atoms with E-state index in [0.29, 0.717) is 55.3 Å². The summed E-state index contributed by atoms with van der Waals surface area (Å²) >= 11 is 1.56. The molecule has 0 aliphatic carbocycles. The van der Waals surface area contributed by atoms with Crippen LogP contribution in [0, 0.1) is 0 Å². The van der Waals surface area contributed by atoms with Crippen LogP contribution in [0.3, 0.4) is 0 Å². The lowest BCUT2D eigenvalue weighted by atomic mass is 9.99. The fourth-order valence-electron chi connectivity index (χ4n) is 3.49. The van der Waals surface area contributed by atoms with E-state index in [1.807, 2.05) is 29.6 Å². The van der Waals surface area contributed by atoms with Gasteiger partial charge in [-0.1, -0.05) is 32.0 Å². The molecule has 0 N–H and O–H groups in total. The summed E-state index contributed by atoms with van der Waals surface area (Å²) in [6.45, 7) is 6.95. The van der Waals surface area contributed by atoms with Gasteiger partial charge >= 0.3 is 0 Å². The first-order valence-electron chi connectivity index (χ1n) is 10.2. The Morgan fingerprint density at radius 1 is 1.10 bits per heavy atom. The quantitative estimate of drug-likeness (QED) is 0.549. The van der Waals surface area contributed by atoms with Gasteiger partial charge < -0.3 is 4.42 Å². The third-order valence-electron chi connectivity index (χ3n) is 5.59. The Bertz CT molecular complexity index is 1050. The maximum Gasteiger partial charge on any atom is 0.257 e. The maximum atomic E-state index is 13.0. The number of nitrogens with zero attached hydrogens (tertiary/aromatic N) is 4. The molecule has 1 unspecified atom stereocenters. The summed E-state index contributed by atoms with van der Waals surface area (Å²) in [7, 11) is -3.48. The molecule has 0 saturated carbocycles. The number of rotatable bonds is 7. The van der Waals surface area contributed by atoms with Crippen LogP contribution in [0.2, 0.25) is 0 Å². The molecular weight excluding hydrogens is 420 g/mol. The molecule has 0 amide bonds. The van der Waals surface area contributed by atoms with Gasteiger partial charge in [0.1, 0.15) is 0 Å². The van der Waals surface area contributed by atoms with Crippen LogP contribution in [0.5, 0.6) is 0 Å². The number of benzene rings is 1. The van der Waals surface area contributed by atoms with E-state index in [1.165, 1.54) is 5.56 Å². The lowest BCUT2D eigenvalue weighted by Gasteiger charge is -2.33. The van der Waals surface area contributed by atoms with Gasteiger partial charge in [-0.05, 0) is 41.5 Å². The first-order chi connectivity index (χ1) is 14.5. The lowest BCUT2D eigenvalue weighted by molar-refractivity contribution is 0.168. The van der Waals surface area contributed by atoms with Crippen molar-refractivity contribution in [1.82, 2.24) is 19.4 Å². The summed E-state index contributed by atoms with van der Waals surface area (Å²) in [6, 6.07) is 11.2. The van der Waals surface area contributed by atoms with Crippen molar-refractivity contribution >= 4 is 21.4 Å². The standard InChI is InChI=1S/C21H26N4O3S2/c1-3-16(2)17-6-8-18(9-7-17)30(26,27)25-12-10-24(11-13-25)15-20-22-23-21(28-20)19-5-4-14-29-19/h4-9,14,16H,3,10-13,15H2,1-2H3. The molecule has 7 nitrogen and oxygen atoms in total. The topological polar surface area (TPSA) is 79.5 Å². The van der Waals surface area contributed by atoms with Gasteiger partial charge in [0.25, 0.3) is 5.89 Å². The Balaban J connectivity index is 1.35. The van der Waals surface area contributed by atoms with Crippen LogP contribution in [0.25, 0.3) is 10.8 Å². The van der Waals surface area contributed by atoms with E-state index in [2.05, 4.69) is 28.9 Å². The van der Waals surface area contributed by atoms with Gasteiger partial charge in [-0.2, -0.15) is 4.31 Å². The van der Waals surface area contributed by atoms with Gasteiger partial charge in [-0.15, -0.1) is 21.5 Å². The minimum atomic E-state index is -3.48. The van der Waals surface area contributed by atoms with E-state index in [4.69, 9.17) is 4.42 Å². The average molecular weight is 447 g/mol. The van der Waals surface area contributed by atoms with Gasteiger partial charge in [0.15, 0.2) is 0 Å². The average Bonchev–Trinajstić information content (AvgIpc) is 3.46. The fourth-order valence-corrected chi connectivity index (χ4v) is 5.56. The largest absolute Gasteiger partial charge is 0.419 e. The second kappa shape index (κ2) is 8.97. The number of aromatic nitrogens is 2. The van der Waals surface area contributed by atoms with E-state index in [9.17, 15) is 8.42 Å². The van der Waals surface area contributed by atoms with E-state index < -0.39 is 10.0 Å². The summed E-state index contributed by atoms with van der Waals surface area (Å²) in [5.41, 5.74) is 1.17. The van der Waals surface area contributed by atoms with Crippen molar-refractivity contribution in [3.63, 3.8) is 0 Å². The molecule has 1 aromatic carbocycles. The highest BCUT2D eigenvalue weighted by Gasteiger charge is 2.29. The SMILES string of the molecule is CCC(C)c1ccc(S(=O)(=O)N2CCN(Cc3nnc(-c4cccs4)o3)CC2)cc1. The monoisotopic (exact) mass is 446 g/mol. The Hall–Kier alpha value is -2.07. The lowest BCUT2D eigenvalue weighted by Crippen LogP contribution is -2.48. The highest BCUT2D eigenvalue weighted by molar-refractivity contribution is 7.89. The molecule has 4 rings (SSSR count). The molecule has 3 aromatic rings. The number of thiophene rings is 1. The number of hydrogen-bond acceptors (Lipinski definition) is 7. The molecule has 1 aliphatic heterocycles. The summed E-state index contributed by atoms with van der Waals surface area (Å²) in [5.74, 6) is 1.51. The molecule has 0 radical (unpaired) electrons. The molecule has 1 atom stereocenters. The molecule has 160 valence electrons. The summed E-state index contributed by atoms with van der Waals surface area (Å²) < 4.78 is 33.3. The maximum absolute atomic E-state index is 13.0. The minimum absolute atomic E-state index is 0.362. The zero-order valence-electron chi connectivity index (χ0n) is 17.2. The van der Waals surface area contributed by atoms with Crippen molar-refractivity contribution in [3.8, 4) is 10.8 Å². The molecule has 2 aromatic heterocycles. The van der Waals surface area contributed by atoms with Crippen molar-refractivity contribution in [2.24, 2.45) is 0 Å². The normalized spacial score (nSPS) is 17.3. The third kappa shape index (κ3) is 4.49. The Morgan fingerprint density at radius 3 is 2.47 bits per heavy atom. The van der Waals surface area contributed by atoms with Gasteiger partial charge in [0.2, 0.25) is 15.9 Å². The third-order valence-corrected chi connectivity index (χ3v) is 8.36. The minimum Gasteiger partial charge on any atom is -0.419 e. The van der Waals surface area contributed by atoms with Crippen LogP contribution in [-0.4, -0.2) is 54.0 Å². The van der Waals surface area contributed by atoms with Crippen LogP contribution in [0.15, 0.2) is 51.1 Å². The fraction of sp³-hybridized carbons (Fsp3) is 0.429. The predicted octanol–water partition coefficient (Wildman–Crippen LogP) is 3.82. The molecule has 0 bridgehead atoms. The van der Waals surface area contributed by atoms with Crippen molar-refractivity contribution in [2.45, 2.75) is 37.6 Å². The molecule has 3 heterocycles. The van der Waals surface area contributed by atoms with Gasteiger partial charge in [0, 0.05) is 26.2 Å². The van der Waals surface area contributed by atoms with E-state index in [-0.39, 0.29) is 0 Å². The van der Waals surface area contributed by atoms with Crippen molar-refractivity contribution in [3.05, 3.63) is 53.2 Å². The van der Waals surface area contributed by atoms with E-state index in [1.54, 1.807) is 27.8 Å². The molecule has 9 heteroatoms. The molecule has 1 saturated heterocycles. The van der Waals surface area contributed by atoms with Crippen LogP contribution in [0.4, 0.5) is 0 Å². The summed E-state index contributed by atoms with van der Waals surface area (Å²) in [5, 5.41) is 10.2. The molecule has 30 heavy (non-hydrogen) atoms. The second-order valence-corrected chi connectivity index (χ2v) is 10.4. The van der Waals surface area contributed by atoms with Crippen molar-refractivity contribution < 1.29 is 12.8 Å². The highest BCUT2D eigenvalue weighted by Crippen LogP contribution is 2.25. The second-order valence-electron chi connectivity index (χ2n) is 7.54. The molecule has 1 fully saturated rings. The van der Waals surface area contributed by atoms with Crippen LogP contribution >= 0.6 is 11.3 Å². The zero-order valence-corrected chi connectivity index (χ0v) is 18.8. The first kappa shape index (κ1) is 21.2. The van der Waals surface area contributed by atoms with E-state index in [0.717, 1.165) is 11.3 Å². The van der Waals surface area contributed by atoms with Gasteiger partial charge in [0.05, 0.1) is 16.3 Å². The van der Waals surface area contributed by atoms with Crippen LogP contribution in [0.1, 0.15) is 37.6 Å². The van der Waals surface area contributed by atoms with E-state index >= 15 is 0 Å². The van der Waals surface area contributed by atoms with Crippen LogP contribution < -0.4 is 0 Å². The number of piperazine rings is 1. The Labute approximate surface area is 181 Å². The molecular formula is C21H26N4O3S2.